The third-order valence-electron chi connectivity index (χ3n) is 13.6. The molecule has 0 aliphatic heterocycles. The van der Waals surface area contributed by atoms with Gasteiger partial charge in [0.1, 0.15) is 6.61 Å². The van der Waals surface area contributed by atoms with Gasteiger partial charge in [0.05, 0.1) is 6.61 Å². The van der Waals surface area contributed by atoms with Gasteiger partial charge in [0.2, 0.25) is 0 Å². The third kappa shape index (κ3) is 56.4. The normalized spacial score (nSPS) is 12.5. The Bertz CT molecular complexity index is 1120. The molecule has 1 atom stereocenters. The summed E-state index contributed by atoms with van der Waals surface area (Å²) in [5, 5.41) is 9.65. The molecule has 0 amide bonds. The van der Waals surface area contributed by atoms with Crippen LogP contribution < -0.4 is 0 Å². The van der Waals surface area contributed by atoms with Gasteiger partial charge < -0.3 is 14.6 Å². The first-order chi connectivity index (χ1) is 33.6. The van der Waals surface area contributed by atoms with Crippen molar-refractivity contribution in [2.45, 2.75) is 328 Å². The summed E-state index contributed by atoms with van der Waals surface area (Å²) < 4.78 is 10.7. The lowest BCUT2D eigenvalue weighted by molar-refractivity contribution is -0.161. The summed E-state index contributed by atoms with van der Waals surface area (Å²) in [4.78, 5) is 24.5. The van der Waals surface area contributed by atoms with Gasteiger partial charge >= 0.3 is 11.9 Å². The monoisotopic (exact) mass is 953 g/mol. The van der Waals surface area contributed by atoms with Crippen molar-refractivity contribution in [2.75, 3.05) is 13.2 Å². The van der Waals surface area contributed by atoms with E-state index in [4.69, 9.17) is 9.47 Å². The second kappa shape index (κ2) is 59.2. The Morgan fingerprint density at radius 3 is 0.897 bits per heavy atom. The van der Waals surface area contributed by atoms with Gasteiger partial charge in [-0.25, -0.2) is 0 Å². The highest BCUT2D eigenvalue weighted by Gasteiger charge is 2.16. The second-order valence-electron chi connectivity index (χ2n) is 20.4. The number of allylic oxidation sites excluding steroid dienone is 8. The minimum absolute atomic E-state index is 0.0687. The molecule has 0 aromatic heterocycles. The van der Waals surface area contributed by atoms with Crippen LogP contribution in [0.1, 0.15) is 322 Å². The van der Waals surface area contributed by atoms with E-state index in [9.17, 15) is 14.7 Å². The largest absolute Gasteiger partial charge is 0.462 e. The molecule has 5 nitrogen and oxygen atoms in total. The number of esters is 2. The first-order valence-corrected chi connectivity index (χ1v) is 30.2. The first-order valence-electron chi connectivity index (χ1n) is 30.2. The Morgan fingerprint density at radius 2 is 0.588 bits per heavy atom. The molecule has 0 rings (SSSR count). The van der Waals surface area contributed by atoms with Gasteiger partial charge in [-0.2, -0.15) is 0 Å². The molecule has 0 radical (unpaired) electrons. The smallest absolute Gasteiger partial charge is 0.306 e. The van der Waals surface area contributed by atoms with E-state index < -0.39 is 6.10 Å². The Labute approximate surface area is 424 Å². The SMILES string of the molecule is CCCCCCC/C=C\C/C=C\C/C=C\CCCCCCCCC(=O)OC(CO)COC(=O)CCCCCCCCCCCCCCCCCCCCCCC/C=C\CCCCCCCCCC. The maximum atomic E-state index is 12.3. The van der Waals surface area contributed by atoms with Crippen molar-refractivity contribution in [3.05, 3.63) is 48.6 Å². The van der Waals surface area contributed by atoms with E-state index in [-0.39, 0.29) is 25.2 Å². The zero-order valence-electron chi connectivity index (χ0n) is 45.6. The van der Waals surface area contributed by atoms with Crippen molar-refractivity contribution in [1.29, 1.82) is 0 Å². The molecule has 1 unspecified atom stereocenters. The fourth-order valence-electron chi connectivity index (χ4n) is 9.03. The minimum Gasteiger partial charge on any atom is -0.462 e. The maximum Gasteiger partial charge on any atom is 0.306 e. The van der Waals surface area contributed by atoms with Crippen LogP contribution in [0, 0.1) is 0 Å². The fourth-order valence-corrected chi connectivity index (χ4v) is 9.03. The van der Waals surface area contributed by atoms with Crippen LogP contribution in [-0.4, -0.2) is 36.4 Å². The Morgan fingerprint density at radius 1 is 0.338 bits per heavy atom. The molecule has 5 heteroatoms. The Kier molecular flexibility index (Phi) is 57.3. The molecule has 0 aromatic carbocycles. The second-order valence-corrected chi connectivity index (χ2v) is 20.4. The molecule has 0 spiro atoms. The summed E-state index contributed by atoms with van der Waals surface area (Å²) in [5.74, 6) is -0.591. The quantitative estimate of drug-likeness (QED) is 0.0374. The van der Waals surface area contributed by atoms with Crippen molar-refractivity contribution >= 4 is 11.9 Å². The van der Waals surface area contributed by atoms with E-state index in [0.717, 1.165) is 57.8 Å². The van der Waals surface area contributed by atoms with Crippen LogP contribution in [0.25, 0.3) is 0 Å². The van der Waals surface area contributed by atoms with Crippen LogP contribution in [0.2, 0.25) is 0 Å². The van der Waals surface area contributed by atoms with Crippen molar-refractivity contribution in [3.8, 4) is 0 Å². The van der Waals surface area contributed by atoms with E-state index in [2.05, 4.69) is 62.5 Å². The number of unbranched alkanes of at least 4 members (excludes halogenated alkanes) is 40. The van der Waals surface area contributed by atoms with Gasteiger partial charge in [0.15, 0.2) is 6.10 Å². The highest BCUT2D eigenvalue weighted by Crippen LogP contribution is 2.17. The summed E-state index contributed by atoms with van der Waals surface area (Å²) in [5.41, 5.74) is 0. The van der Waals surface area contributed by atoms with Crippen molar-refractivity contribution in [3.63, 3.8) is 0 Å². The van der Waals surface area contributed by atoms with E-state index in [1.165, 1.54) is 238 Å². The lowest BCUT2D eigenvalue weighted by atomic mass is 10.0. The van der Waals surface area contributed by atoms with Crippen LogP contribution in [0.5, 0.6) is 0 Å². The molecule has 0 saturated heterocycles. The van der Waals surface area contributed by atoms with E-state index in [0.29, 0.717) is 12.8 Å². The van der Waals surface area contributed by atoms with Crippen LogP contribution >= 0.6 is 0 Å². The van der Waals surface area contributed by atoms with E-state index in [1.807, 2.05) is 0 Å². The van der Waals surface area contributed by atoms with Crippen LogP contribution in [0.4, 0.5) is 0 Å². The maximum absolute atomic E-state index is 12.3. The molecule has 0 fully saturated rings. The van der Waals surface area contributed by atoms with E-state index >= 15 is 0 Å². The number of ether oxygens (including phenoxy) is 2. The summed E-state index contributed by atoms with van der Waals surface area (Å²) in [7, 11) is 0. The fraction of sp³-hybridized carbons (Fsp3) is 0.841. The molecule has 0 heterocycles. The summed E-state index contributed by atoms with van der Waals surface area (Å²) in [6.45, 7) is 4.16. The molecular formula is C63H116O5. The summed E-state index contributed by atoms with van der Waals surface area (Å²) in [6, 6.07) is 0. The van der Waals surface area contributed by atoms with Gasteiger partial charge in [0, 0.05) is 12.8 Å². The molecule has 0 bridgehead atoms. The predicted molar refractivity (Wildman–Crippen MR) is 297 cm³/mol. The number of hydrogen-bond acceptors (Lipinski definition) is 5. The Hall–Kier alpha value is -2.14. The number of rotatable bonds is 56. The highest BCUT2D eigenvalue weighted by molar-refractivity contribution is 5.70. The lowest BCUT2D eigenvalue weighted by Crippen LogP contribution is -2.28. The van der Waals surface area contributed by atoms with Crippen molar-refractivity contribution in [2.24, 2.45) is 0 Å². The average molecular weight is 954 g/mol. The number of aliphatic hydroxyl groups is 1. The number of carbonyl (C=O) groups is 2. The molecule has 0 aromatic rings. The first kappa shape index (κ1) is 65.9. The number of aliphatic hydroxyl groups excluding tert-OH is 1. The molecule has 0 aliphatic carbocycles. The molecular weight excluding hydrogens is 837 g/mol. The van der Waals surface area contributed by atoms with Crippen LogP contribution in [-0.2, 0) is 19.1 Å². The molecule has 398 valence electrons. The van der Waals surface area contributed by atoms with Crippen LogP contribution in [0.3, 0.4) is 0 Å². The standard InChI is InChI=1S/C63H116O5/c1-3-5-7-9-11-13-15-17-19-21-23-25-26-27-28-29-30-31-32-33-34-35-36-38-39-41-43-45-47-49-51-53-55-57-62(65)67-60-61(59-64)68-63(66)58-56-54-52-50-48-46-44-42-40-37-24-22-20-18-16-14-12-10-8-6-4-2/h16,18,21-24,40,42,61,64H,3-15,17,19-20,25-39,41,43-60H2,1-2H3/b18-16-,23-21-,24-22-,42-40-. The zero-order valence-corrected chi connectivity index (χ0v) is 45.6. The van der Waals surface area contributed by atoms with Gasteiger partial charge in [0.25, 0.3) is 0 Å². The summed E-state index contributed by atoms with van der Waals surface area (Å²) >= 11 is 0. The average Bonchev–Trinajstić information content (AvgIpc) is 3.34. The molecule has 0 aliphatic rings. The Balaban J connectivity index is 3.43. The number of carbonyl (C=O) groups excluding carboxylic acids is 2. The van der Waals surface area contributed by atoms with Gasteiger partial charge in [-0.05, 0) is 77.0 Å². The predicted octanol–water partition coefficient (Wildman–Crippen LogP) is 20.4. The molecule has 0 saturated carbocycles. The molecule has 68 heavy (non-hydrogen) atoms. The van der Waals surface area contributed by atoms with Crippen molar-refractivity contribution < 1.29 is 24.2 Å². The van der Waals surface area contributed by atoms with Gasteiger partial charge in [-0.1, -0.05) is 281 Å². The summed E-state index contributed by atoms with van der Waals surface area (Å²) in [6.07, 6.45) is 78.2. The zero-order chi connectivity index (χ0) is 49.2. The minimum atomic E-state index is -0.779. The van der Waals surface area contributed by atoms with E-state index in [1.54, 1.807) is 0 Å². The van der Waals surface area contributed by atoms with Crippen LogP contribution in [0.15, 0.2) is 48.6 Å². The van der Waals surface area contributed by atoms with Gasteiger partial charge in [-0.15, -0.1) is 0 Å². The highest BCUT2D eigenvalue weighted by atomic mass is 16.6. The molecule has 1 N–H and O–H groups in total. The topological polar surface area (TPSA) is 72.8 Å². The van der Waals surface area contributed by atoms with Crippen molar-refractivity contribution in [1.82, 2.24) is 0 Å². The number of hydrogen-bond donors (Lipinski definition) is 1. The van der Waals surface area contributed by atoms with Gasteiger partial charge in [-0.3, -0.25) is 9.59 Å². The third-order valence-corrected chi connectivity index (χ3v) is 13.6. The lowest BCUT2D eigenvalue weighted by Gasteiger charge is -2.15.